The molecule has 0 fully saturated rings. The molecule has 0 saturated heterocycles. The number of nitrogens with zero attached hydrogens (tertiary/aromatic N) is 2. The van der Waals surface area contributed by atoms with E-state index < -0.39 is 0 Å². The Kier molecular flexibility index (Phi) is 5.59. The highest BCUT2D eigenvalue weighted by Gasteiger charge is 2.20. The predicted molar refractivity (Wildman–Crippen MR) is 115 cm³/mol. The van der Waals surface area contributed by atoms with Crippen molar-refractivity contribution in [2.24, 2.45) is 0 Å². The van der Waals surface area contributed by atoms with Crippen LogP contribution in [-0.4, -0.2) is 36.4 Å². The van der Waals surface area contributed by atoms with Gasteiger partial charge in [-0.25, -0.2) is 9.37 Å². The van der Waals surface area contributed by atoms with Crippen molar-refractivity contribution in [1.82, 2.24) is 15.2 Å². The quantitative estimate of drug-likeness (QED) is 0.508. The van der Waals surface area contributed by atoms with E-state index in [1.807, 2.05) is 55.4 Å². The summed E-state index contributed by atoms with van der Waals surface area (Å²) in [6.45, 7) is 0.391. The fourth-order valence-corrected chi connectivity index (χ4v) is 3.43. The number of hydrogen-bond acceptors (Lipinski definition) is 4. The number of aromatic nitrogens is 1. The summed E-state index contributed by atoms with van der Waals surface area (Å²) >= 11 is 0. The Labute approximate surface area is 174 Å². The van der Waals surface area contributed by atoms with Crippen LogP contribution in [0.2, 0.25) is 0 Å². The lowest BCUT2D eigenvalue weighted by atomic mass is 10.0. The van der Waals surface area contributed by atoms with Crippen LogP contribution < -0.4 is 5.32 Å². The molecule has 1 amide bonds. The fourth-order valence-electron chi connectivity index (χ4n) is 3.43. The molecule has 0 unspecified atom stereocenters. The number of likely N-dealkylation sites (N-methyl/N-ethyl adjacent to an activating group) is 1. The molecule has 6 heteroatoms. The van der Waals surface area contributed by atoms with E-state index >= 15 is 0 Å². The monoisotopic (exact) mass is 403 g/mol. The van der Waals surface area contributed by atoms with E-state index in [2.05, 4.69) is 10.3 Å². The largest absolute Gasteiger partial charge is 0.468 e. The van der Waals surface area contributed by atoms with Crippen molar-refractivity contribution in [2.75, 3.05) is 20.6 Å². The molecular weight excluding hydrogens is 381 g/mol. The maximum atomic E-state index is 13.3. The van der Waals surface area contributed by atoms with Crippen LogP contribution in [0.15, 0.2) is 77.4 Å². The summed E-state index contributed by atoms with van der Waals surface area (Å²) in [5.74, 6) is 0.271. The Morgan fingerprint density at radius 3 is 2.57 bits per heavy atom. The normalized spacial score (nSPS) is 12.3. The average molecular weight is 403 g/mol. The summed E-state index contributed by atoms with van der Waals surface area (Å²) in [5.41, 5.74) is 2.60. The number of carbonyl (C=O) groups is 1. The number of halogens is 1. The van der Waals surface area contributed by atoms with Gasteiger partial charge in [0, 0.05) is 17.5 Å². The van der Waals surface area contributed by atoms with Gasteiger partial charge in [0.1, 0.15) is 11.6 Å². The summed E-state index contributed by atoms with van der Waals surface area (Å²) in [6, 6.07) is 19.0. The molecule has 4 aromatic rings. The van der Waals surface area contributed by atoms with Gasteiger partial charge in [-0.3, -0.25) is 9.69 Å². The zero-order valence-corrected chi connectivity index (χ0v) is 16.8. The molecule has 0 aliphatic heterocycles. The third-order valence-electron chi connectivity index (χ3n) is 5.05. The van der Waals surface area contributed by atoms with Crippen LogP contribution in [0.25, 0.3) is 22.2 Å². The third-order valence-corrected chi connectivity index (χ3v) is 5.05. The van der Waals surface area contributed by atoms with Gasteiger partial charge in [0.2, 0.25) is 0 Å². The maximum Gasteiger partial charge on any atom is 0.252 e. The van der Waals surface area contributed by atoms with E-state index in [1.165, 1.54) is 12.1 Å². The Morgan fingerprint density at radius 2 is 1.87 bits per heavy atom. The SMILES string of the molecule is CN(C)[C@@H](CNC(=O)c1cc(-c2ccc(F)cc2)nc2ccccc12)c1ccco1. The zero-order chi connectivity index (χ0) is 21.1. The first-order valence-corrected chi connectivity index (χ1v) is 9.66. The predicted octanol–water partition coefficient (Wildman–Crippen LogP) is 4.67. The van der Waals surface area contributed by atoms with Crippen molar-refractivity contribution in [3.05, 3.63) is 90.1 Å². The number of para-hydroxylation sites is 1. The van der Waals surface area contributed by atoms with Crippen LogP contribution in [0.4, 0.5) is 4.39 Å². The number of hydrogen-bond donors (Lipinski definition) is 1. The second-order valence-electron chi connectivity index (χ2n) is 7.28. The third kappa shape index (κ3) is 4.09. The molecule has 30 heavy (non-hydrogen) atoms. The van der Waals surface area contributed by atoms with Gasteiger partial charge in [-0.15, -0.1) is 0 Å². The van der Waals surface area contributed by atoms with Crippen LogP contribution in [0.1, 0.15) is 22.2 Å². The van der Waals surface area contributed by atoms with Crippen molar-refractivity contribution in [3.63, 3.8) is 0 Å². The molecule has 2 aromatic heterocycles. The molecule has 0 aliphatic rings. The number of fused-ring (bicyclic) bond motifs is 1. The minimum Gasteiger partial charge on any atom is -0.468 e. The fraction of sp³-hybridized carbons (Fsp3) is 0.167. The molecule has 1 N–H and O–H groups in total. The van der Waals surface area contributed by atoms with E-state index in [4.69, 9.17) is 4.42 Å². The number of rotatable bonds is 6. The van der Waals surface area contributed by atoms with Gasteiger partial charge >= 0.3 is 0 Å². The van der Waals surface area contributed by atoms with Gasteiger partial charge in [-0.2, -0.15) is 0 Å². The van der Waals surface area contributed by atoms with Crippen molar-refractivity contribution in [2.45, 2.75) is 6.04 Å². The van der Waals surface area contributed by atoms with Crippen LogP contribution in [0.3, 0.4) is 0 Å². The average Bonchev–Trinajstić information content (AvgIpc) is 3.27. The molecule has 5 nitrogen and oxygen atoms in total. The van der Waals surface area contributed by atoms with Gasteiger partial charge in [-0.05, 0) is 62.6 Å². The first kappa shape index (κ1) is 19.8. The maximum absolute atomic E-state index is 13.3. The van der Waals surface area contributed by atoms with Gasteiger partial charge in [-0.1, -0.05) is 18.2 Å². The number of pyridine rings is 1. The van der Waals surface area contributed by atoms with Crippen molar-refractivity contribution in [1.29, 1.82) is 0 Å². The first-order valence-electron chi connectivity index (χ1n) is 9.66. The molecule has 152 valence electrons. The summed E-state index contributed by atoms with van der Waals surface area (Å²) < 4.78 is 18.8. The summed E-state index contributed by atoms with van der Waals surface area (Å²) in [5, 5.41) is 3.78. The second kappa shape index (κ2) is 8.47. The lowest BCUT2D eigenvalue weighted by Gasteiger charge is -2.22. The van der Waals surface area contributed by atoms with Crippen molar-refractivity contribution >= 4 is 16.8 Å². The Balaban J connectivity index is 1.66. The molecule has 0 aliphatic carbocycles. The van der Waals surface area contributed by atoms with Gasteiger partial charge in [0.15, 0.2) is 0 Å². The molecule has 2 aromatic carbocycles. The van der Waals surface area contributed by atoms with E-state index in [0.717, 1.165) is 16.7 Å². The van der Waals surface area contributed by atoms with Gasteiger partial charge < -0.3 is 9.73 Å². The minimum absolute atomic E-state index is 0.0892. The molecular formula is C24H22FN3O2. The number of benzene rings is 2. The topological polar surface area (TPSA) is 58.4 Å². The van der Waals surface area contributed by atoms with Gasteiger partial charge in [0.05, 0.1) is 29.1 Å². The van der Waals surface area contributed by atoms with E-state index in [1.54, 1.807) is 24.5 Å². The van der Waals surface area contributed by atoms with Crippen molar-refractivity contribution in [3.8, 4) is 11.3 Å². The highest BCUT2D eigenvalue weighted by molar-refractivity contribution is 6.07. The molecule has 0 spiro atoms. The molecule has 0 bridgehead atoms. The number of nitrogens with one attached hydrogen (secondary N) is 1. The minimum atomic E-state index is -0.315. The number of furan rings is 1. The Morgan fingerprint density at radius 1 is 1.10 bits per heavy atom. The van der Waals surface area contributed by atoms with Crippen LogP contribution >= 0.6 is 0 Å². The molecule has 0 radical (unpaired) electrons. The van der Waals surface area contributed by atoms with Crippen LogP contribution in [0, 0.1) is 5.82 Å². The first-order chi connectivity index (χ1) is 14.5. The van der Waals surface area contributed by atoms with E-state index in [-0.39, 0.29) is 17.8 Å². The lowest BCUT2D eigenvalue weighted by molar-refractivity contribution is 0.0940. The van der Waals surface area contributed by atoms with Crippen LogP contribution in [0.5, 0.6) is 0 Å². The van der Waals surface area contributed by atoms with E-state index in [0.29, 0.717) is 23.3 Å². The Bertz CT molecular complexity index is 1160. The molecule has 1 atom stereocenters. The number of amides is 1. The van der Waals surface area contributed by atoms with E-state index in [9.17, 15) is 9.18 Å². The summed E-state index contributed by atoms with van der Waals surface area (Å²) in [7, 11) is 3.88. The zero-order valence-electron chi connectivity index (χ0n) is 16.8. The number of carbonyl (C=O) groups excluding carboxylic acids is 1. The molecule has 2 heterocycles. The van der Waals surface area contributed by atoms with Gasteiger partial charge in [0.25, 0.3) is 5.91 Å². The van der Waals surface area contributed by atoms with Crippen molar-refractivity contribution < 1.29 is 13.6 Å². The Hall–Kier alpha value is -3.51. The highest BCUT2D eigenvalue weighted by Crippen LogP contribution is 2.25. The van der Waals surface area contributed by atoms with Crippen LogP contribution in [-0.2, 0) is 0 Å². The summed E-state index contributed by atoms with van der Waals surface area (Å²) in [6.07, 6.45) is 1.62. The highest BCUT2D eigenvalue weighted by atomic mass is 19.1. The molecule has 0 saturated carbocycles. The smallest absolute Gasteiger partial charge is 0.252 e. The second-order valence-corrected chi connectivity index (χ2v) is 7.28. The summed E-state index contributed by atoms with van der Waals surface area (Å²) in [4.78, 5) is 19.8. The lowest BCUT2D eigenvalue weighted by Crippen LogP contribution is -2.34. The molecule has 4 rings (SSSR count). The standard InChI is InChI=1S/C24H22FN3O2/c1-28(2)22(23-8-5-13-30-23)15-26-24(29)19-14-21(16-9-11-17(25)12-10-16)27-20-7-4-3-6-18(19)20/h3-14,22H,15H2,1-2H3,(H,26,29)/t22-/m0/s1.